The largest absolute Gasteiger partial charge is 0.507 e. The molecule has 0 radical (unpaired) electrons. The van der Waals surface area contributed by atoms with Gasteiger partial charge in [0.05, 0.1) is 16.6 Å². The van der Waals surface area contributed by atoms with E-state index in [2.05, 4.69) is 4.90 Å². The number of benzene rings is 1. The monoisotopic (exact) mass is 311 g/mol. The number of aromatic hydroxyl groups is 1. The summed E-state index contributed by atoms with van der Waals surface area (Å²) in [6, 6.07) is 3.35. The molecule has 1 aromatic carbocycles. The maximum absolute atomic E-state index is 13.2. The van der Waals surface area contributed by atoms with Crippen molar-refractivity contribution < 1.29 is 14.3 Å². The smallest absolute Gasteiger partial charge is 0.257 e. The van der Waals surface area contributed by atoms with E-state index in [4.69, 9.17) is 18.0 Å². The summed E-state index contributed by atoms with van der Waals surface area (Å²) >= 11 is 4.97. The second-order valence-corrected chi connectivity index (χ2v) is 5.54. The van der Waals surface area contributed by atoms with Crippen LogP contribution in [0.5, 0.6) is 5.75 Å². The van der Waals surface area contributed by atoms with E-state index in [0.717, 1.165) is 12.1 Å². The number of carbonyl (C=O) groups excluding carboxylic acids is 1. The molecule has 2 rings (SSSR count). The predicted molar refractivity (Wildman–Crippen MR) is 81.8 cm³/mol. The van der Waals surface area contributed by atoms with Gasteiger partial charge >= 0.3 is 0 Å². The van der Waals surface area contributed by atoms with E-state index in [1.54, 1.807) is 4.90 Å². The third kappa shape index (κ3) is 3.48. The van der Waals surface area contributed by atoms with Gasteiger partial charge < -0.3 is 15.7 Å². The molecular weight excluding hydrogens is 293 g/mol. The second kappa shape index (κ2) is 6.36. The standard InChI is InChI=1S/C14H18FN3O2S/c1-9(13(16)21)17-4-6-18(7-5-17)14(20)11-8-10(15)2-3-12(11)19/h2-3,8-9,19H,4-7H2,1H3,(H2,16,21). The lowest BCUT2D eigenvalue weighted by Gasteiger charge is -2.37. The highest BCUT2D eigenvalue weighted by Gasteiger charge is 2.27. The van der Waals surface area contributed by atoms with Crippen LogP contribution in [0.15, 0.2) is 18.2 Å². The molecule has 114 valence electrons. The first kappa shape index (κ1) is 15.7. The number of nitrogens with zero attached hydrogens (tertiary/aromatic N) is 2. The van der Waals surface area contributed by atoms with E-state index < -0.39 is 5.82 Å². The molecule has 1 heterocycles. The second-order valence-electron chi connectivity index (χ2n) is 5.07. The van der Waals surface area contributed by atoms with Crippen molar-refractivity contribution in [3.05, 3.63) is 29.6 Å². The number of halogens is 1. The van der Waals surface area contributed by atoms with Crippen molar-refractivity contribution in [3.63, 3.8) is 0 Å². The Morgan fingerprint density at radius 3 is 2.57 bits per heavy atom. The Morgan fingerprint density at radius 1 is 1.38 bits per heavy atom. The van der Waals surface area contributed by atoms with Gasteiger partial charge in [-0.1, -0.05) is 12.2 Å². The SMILES string of the molecule is CC(C(N)=S)N1CCN(C(=O)c2cc(F)ccc2O)CC1. The third-order valence-electron chi connectivity index (χ3n) is 3.75. The number of amides is 1. The van der Waals surface area contributed by atoms with Gasteiger partial charge in [-0.2, -0.15) is 0 Å². The van der Waals surface area contributed by atoms with Crippen LogP contribution in [0.3, 0.4) is 0 Å². The molecule has 0 saturated carbocycles. The summed E-state index contributed by atoms with van der Waals surface area (Å²) in [4.78, 5) is 16.4. The van der Waals surface area contributed by atoms with E-state index in [1.807, 2.05) is 6.92 Å². The minimum absolute atomic E-state index is 0.00848. The topological polar surface area (TPSA) is 69.8 Å². The van der Waals surface area contributed by atoms with E-state index in [9.17, 15) is 14.3 Å². The summed E-state index contributed by atoms with van der Waals surface area (Å²) in [7, 11) is 0. The molecule has 1 saturated heterocycles. The van der Waals surface area contributed by atoms with Crippen LogP contribution in [-0.4, -0.2) is 58.0 Å². The summed E-state index contributed by atoms with van der Waals surface area (Å²) in [6.45, 7) is 4.18. The molecule has 3 N–H and O–H groups in total. The van der Waals surface area contributed by atoms with Crippen molar-refractivity contribution in [2.24, 2.45) is 5.73 Å². The van der Waals surface area contributed by atoms with Crippen LogP contribution in [0.2, 0.25) is 0 Å². The first-order chi connectivity index (χ1) is 9.90. The molecule has 1 aromatic rings. The van der Waals surface area contributed by atoms with Crippen LogP contribution in [-0.2, 0) is 0 Å². The molecule has 0 bridgehead atoms. The zero-order valence-electron chi connectivity index (χ0n) is 11.8. The number of hydrogen-bond donors (Lipinski definition) is 2. The van der Waals surface area contributed by atoms with Gasteiger partial charge in [-0.25, -0.2) is 4.39 Å². The summed E-state index contributed by atoms with van der Waals surface area (Å²) < 4.78 is 13.2. The fourth-order valence-electron chi connectivity index (χ4n) is 2.34. The van der Waals surface area contributed by atoms with Crippen molar-refractivity contribution in [1.82, 2.24) is 9.80 Å². The molecule has 0 aromatic heterocycles. The van der Waals surface area contributed by atoms with E-state index in [1.165, 1.54) is 6.07 Å². The Balaban J connectivity index is 2.03. The highest BCUT2D eigenvalue weighted by Crippen LogP contribution is 2.20. The number of phenolic OH excluding ortho intramolecular Hbond substituents is 1. The number of carbonyl (C=O) groups is 1. The molecule has 1 aliphatic heterocycles. The molecule has 5 nitrogen and oxygen atoms in total. The lowest BCUT2D eigenvalue weighted by atomic mass is 10.1. The molecule has 0 spiro atoms. The Labute approximate surface area is 128 Å². The number of piperazine rings is 1. The minimum atomic E-state index is -0.545. The van der Waals surface area contributed by atoms with Crippen molar-refractivity contribution in [2.45, 2.75) is 13.0 Å². The first-order valence-corrected chi connectivity index (χ1v) is 7.12. The molecule has 7 heteroatoms. The normalized spacial score (nSPS) is 17.5. The zero-order valence-corrected chi connectivity index (χ0v) is 12.6. The average Bonchev–Trinajstić information content (AvgIpc) is 2.48. The fraction of sp³-hybridized carbons (Fsp3) is 0.429. The van der Waals surface area contributed by atoms with Crippen LogP contribution in [0.1, 0.15) is 17.3 Å². The lowest BCUT2D eigenvalue weighted by molar-refractivity contribution is 0.0618. The minimum Gasteiger partial charge on any atom is -0.507 e. The van der Waals surface area contributed by atoms with Gasteiger partial charge in [0.1, 0.15) is 11.6 Å². The summed E-state index contributed by atoms with van der Waals surface area (Å²) in [6.07, 6.45) is 0. The maximum atomic E-state index is 13.2. The van der Waals surface area contributed by atoms with Crippen molar-refractivity contribution in [2.75, 3.05) is 26.2 Å². The van der Waals surface area contributed by atoms with Crippen LogP contribution in [0.25, 0.3) is 0 Å². The van der Waals surface area contributed by atoms with Crippen LogP contribution >= 0.6 is 12.2 Å². The molecule has 21 heavy (non-hydrogen) atoms. The number of rotatable bonds is 3. The molecule has 1 fully saturated rings. The predicted octanol–water partition coefficient (Wildman–Crippen LogP) is 0.964. The van der Waals surface area contributed by atoms with Crippen LogP contribution in [0.4, 0.5) is 4.39 Å². The van der Waals surface area contributed by atoms with Gasteiger partial charge in [0.15, 0.2) is 0 Å². The van der Waals surface area contributed by atoms with Gasteiger partial charge in [0.25, 0.3) is 5.91 Å². The van der Waals surface area contributed by atoms with Gasteiger partial charge in [0.2, 0.25) is 0 Å². The third-order valence-corrected chi connectivity index (χ3v) is 4.09. The fourth-order valence-corrected chi connectivity index (χ4v) is 2.49. The Kier molecular flexibility index (Phi) is 4.74. The quantitative estimate of drug-likeness (QED) is 0.814. The Morgan fingerprint density at radius 2 is 2.00 bits per heavy atom. The van der Waals surface area contributed by atoms with Crippen LogP contribution < -0.4 is 5.73 Å². The van der Waals surface area contributed by atoms with Gasteiger partial charge in [0, 0.05) is 26.2 Å². The highest BCUT2D eigenvalue weighted by molar-refractivity contribution is 7.80. The van der Waals surface area contributed by atoms with Gasteiger partial charge in [-0.15, -0.1) is 0 Å². The Bertz CT molecular complexity index is 559. The van der Waals surface area contributed by atoms with Gasteiger partial charge in [-0.3, -0.25) is 9.69 Å². The van der Waals surface area contributed by atoms with E-state index in [0.29, 0.717) is 31.2 Å². The van der Waals surface area contributed by atoms with Crippen LogP contribution in [0, 0.1) is 5.82 Å². The summed E-state index contributed by atoms with van der Waals surface area (Å²) in [5.74, 6) is -1.12. The molecule has 1 unspecified atom stereocenters. The maximum Gasteiger partial charge on any atom is 0.257 e. The number of hydrogen-bond acceptors (Lipinski definition) is 4. The molecular formula is C14H18FN3O2S. The highest BCUT2D eigenvalue weighted by atomic mass is 32.1. The zero-order chi connectivity index (χ0) is 15.6. The first-order valence-electron chi connectivity index (χ1n) is 6.71. The van der Waals surface area contributed by atoms with E-state index >= 15 is 0 Å². The number of nitrogens with two attached hydrogens (primary N) is 1. The molecule has 1 atom stereocenters. The van der Waals surface area contributed by atoms with Crippen molar-refractivity contribution >= 4 is 23.1 Å². The molecule has 1 amide bonds. The molecule has 1 aliphatic rings. The summed E-state index contributed by atoms with van der Waals surface area (Å²) in [5, 5.41) is 9.69. The van der Waals surface area contributed by atoms with Crippen molar-refractivity contribution in [3.8, 4) is 5.75 Å². The lowest BCUT2D eigenvalue weighted by Crippen LogP contribution is -2.53. The van der Waals surface area contributed by atoms with E-state index in [-0.39, 0.29) is 23.3 Å². The van der Waals surface area contributed by atoms with Crippen molar-refractivity contribution in [1.29, 1.82) is 0 Å². The number of thiocarbonyl (C=S) groups is 1. The van der Waals surface area contributed by atoms with Gasteiger partial charge in [-0.05, 0) is 25.1 Å². The summed E-state index contributed by atoms with van der Waals surface area (Å²) in [5.41, 5.74) is 5.61. The average molecular weight is 311 g/mol. The number of phenols is 1. The Hall–Kier alpha value is -1.73. The molecule has 0 aliphatic carbocycles.